The molecule has 0 N–H and O–H groups in total. The van der Waals surface area contributed by atoms with E-state index in [9.17, 15) is 0 Å². The molecule has 38 heavy (non-hydrogen) atoms. The molecule has 3 aromatic carbocycles. The SMILES string of the molecule is CC(C)c1cccc(C(C)C)c1-n1ccnc1-c1cccc([Si](C)(C)c2cccc(N3CN(C)C=N3)c2)c1. The van der Waals surface area contributed by atoms with Gasteiger partial charge in [-0.05, 0) is 35.1 Å². The molecule has 0 atom stereocenters. The summed E-state index contributed by atoms with van der Waals surface area (Å²) in [5.41, 5.74) is 6.28. The molecule has 0 amide bonds. The summed E-state index contributed by atoms with van der Waals surface area (Å²) in [6.45, 7) is 14.7. The van der Waals surface area contributed by atoms with Crippen LogP contribution in [0.1, 0.15) is 50.7 Å². The molecule has 0 bridgehead atoms. The van der Waals surface area contributed by atoms with Crippen LogP contribution in [0.2, 0.25) is 13.1 Å². The number of anilines is 1. The fourth-order valence-electron chi connectivity index (χ4n) is 5.34. The lowest BCUT2D eigenvalue weighted by Crippen LogP contribution is -2.53. The molecule has 0 aliphatic carbocycles. The Hall–Kier alpha value is -3.64. The van der Waals surface area contributed by atoms with Gasteiger partial charge in [0.1, 0.15) is 26.9 Å². The largest absolute Gasteiger partial charge is 0.345 e. The Balaban J connectivity index is 1.56. The zero-order valence-corrected chi connectivity index (χ0v) is 24.7. The number of hydrogen-bond acceptors (Lipinski definition) is 4. The molecule has 5 rings (SSSR count). The number of aromatic nitrogens is 2. The first-order chi connectivity index (χ1) is 18.2. The Morgan fingerprint density at radius 3 is 2.08 bits per heavy atom. The minimum Gasteiger partial charge on any atom is -0.345 e. The summed E-state index contributed by atoms with van der Waals surface area (Å²) < 4.78 is 2.31. The van der Waals surface area contributed by atoms with Crippen molar-refractivity contribution in [1.82, 2.24) is 14.5 Å². The van der Waals surface area contributed by atoms with Crippen molar-refractivity contribution in [2.75, 3.05) is 18.7 Å². The second-order valence-electron chi connectivity index (χ2n) is 11.5. The van der Waals surface area contributed by atoms with Crippen molar-refractivity contribution in [2.24, 2.45) is 5.10 Å². The van der Waals surface area contributed by atoms with Crippen molar-refractivity contribution in [2.45, 2.75) is 52.6 Å². The van der Waals surface area contributed by atoms with E-state index in [0.29, 0.717) is 11.8 Å². The fraction of sp³-hybridized carbons (Fsp3) is 0.312. The summed E-state index contributed by atoms with van der Waals surface area (Å²) in [6.07, 6.45) is 5.93. The maximum absolute atomic E-state index is 4.88. The van der Waals surface area contributed by atoms with E-state index < -0.39 is 8.07 Å². The van der Waals surface area contributed by atoms with Crippen LogP contribution in [-0.2, 0) is 0 Å². The van der Waals surface area contributed by atoms with E-state index in [1.54, 1.807) is 0 Å². The van der Waals surface area contributed by atoms with Gasteiger partial charge >= 0.3 is 0 Å². The molecule has 196 valence electrons. The third-order valence-corrected chi connectivity index (χ3v) is 11.2. The van der Waals surface area contributed by atoms with Gasteiger partial charge < -0.3 is 4.90 Å². The highest BCUT2D eigenvalue weighted by Gasteiger charge is 2.28. The molecule has 0 radical (unpaired) electrons. The topological polar surface area (TPSA) is 36.7 Å². The van der Waals surface area contributed by atoms with Crippen LogP contribution in [0.3, 0.4) is 0 Å². The molecular weight excluding hydrogens is 482 g/mol. The van der Waals surface area contributed by atoms with Crippen LogP contribution in [-0.4, -0.2) is 42.6 Å². The minimum absolute atomic E-state index is 0.420. The van der Waals surface area contributed by atoms with E-state index in [-0.39, 0.29) is 0 Å². The van der Waals surface area contributed by atoms with Gasteiger partial charge in [-0.2, -0.15) is 5.10 Å². The molecular formula is C32H39N5Si. The fourth-order valence-corrected chi connectivity index (χ4v) is 7.72. The van der Waals surface area contributed by atoms with Gasteiger partial charge in [0.2, 0.25) is 0 Å². The van der Waals surface area contributed by atoms with Crippen molar-refractivity contribution in [3.63, 3.8) is 0 Å². The third kappa shape index (κ3) is 4.81. The monoisotopic (exact) mass is 521 g/mol. The van der Waals surface area contributed by atoms with Crippen LogP contribution in [0.5, 0.6) is 0 Å². The van der Waals surface area contributed by atoms with Crippen molar-refractivity contribution in [1.29, 1.82) is 0 Å². The predicted molar refractivity (Wildman–Crippen MR) is 164 cm³/mol. The summed E-state index contributed by atoms with van der Waals surface area (Å²) in [6, 6.07) is 24.7. The average molecular weight is 522 g/mol. The van der Waals surface area contributed by atoms with E-state index in [2.05, 4.69) is 133 Å². The maximum Gasteiger partial charge on any atom is 0.144 e. The molecule has 2 heterocycles. The summed E-state index contributed by atoms with van der Waals surface area (Å²) in [7, 11) is 0.0645. The Kier molecular flexibility index (Phi) is 7.01. The first-order valence-electron chi connectivity index (χ1n) is 13.6. The number of rotatable bonds is 7. The first-order valence-corrected chi connectivity index (χ1v) is 16.6. The highest BCUT2D eigenvalue weighted by molar-refractivity contribution is 7.00. The summed E-state index contributed by atoms with van der Waals surface area (Å²) in [5.74, 6) is 1.84. The molecule has 6 heteroatoms. The number of imidazole rings is 1. The third-order valence-electron chi connectivity index (χ3n) is 7.68. The number of hydrogen-bond donors (Lipinski definition) is 0. The van der Waals surface area contributed by atoms with Crippen molar-refractivity contribution >= 4 is 30.5 Å². The van der Waals surface area contributed by atoms with Crippen LogP contribution >= 0.6 is 0 Å². The highest BCUT2D eigenvalue weighted by atomic mass is 28.3. The van der Waals surface area contributed by atoms with E-state index in [1.807, 2.05) is 19.6 Å². The molecule has 5 nitrogen and oxygen atoms in total. The molecule has 1 aromatic heterocycles. The highest BCUT2D eigenvalue weighted by Crippen LogP contribution is 2.33. The van der Waals surface area contributed by atoms with Crippen LogP contribution in [0.4, 0.5) is 5.69 Å². The van der Waals surface area contributed by atoms with Crippen LogP contribution in [0.15, 0.2) is 84.2 Å². The summed E-state index contributed by atoms with van der Waals surface area (Å²) >= 11 is 0. The Labute approximate surface area is 228 Å². The lowest BCUT2D eigenvalue weighted by molar-refractivity contribution is 0.549. The first kappa shape index (κ1) is 26.0. The molecule has 0 saturated carbocycles. The van der Waals surface area contributed by atoms with Crippen molar-refractivity contribution in [3.8, 4) is 17.1 Å². The van der Waals surface area contributed by atoms with Crippen molar-refractivity contribution < 1.29 is 0 Å². The van der Waals surface area contributed by atoms with Crippen molar-refractivity contribution in [3.05, 3.63) is 90.3 Å². The zero-order valence-electron chi connectivity index (χ0n) is 23.7. The van der Waals surface area contributed by atoms with Gasteiger partial charge in [-0.25, -0.2) is 9.99 Å². The smallest absolute Gasteiger partial charge is 0.144 e. The molecule has 1 aliphatic rings. The maximum atomic E-state index is 4.88. The van der Waals surface area contributed by atoms with E-state index >= 15 is 0 Å². The number of nitrogens with zero attached hydrogens (tertiary/aromatic N) is 5. The molecule has 0 saturated heterocycles. The van der Waals surface area contributed by atoms with Crippen LogP contribution in [0.25, 0.3) is 17.1 Å². The van der Waals surface area contributed by atoms with E-state index in [1.165, 1.54) is 27.2 Å². The van der Waals surface area contributed by atoms with Crippen LogP contribution < -0.4 is 15.4 Å². The lowest BCUT2D eigenvalue weighted by atomic mass is 9.92. The van der Waals surface area contributed by atoms with Gasteiger partial charge in [0.15, 0.2) is 0 Å². The predicted octanol–water partition coefficient (Wildman–Crippen LogP) is 6.26. The van der Waals surface area contributed by atoms with Gasteiger partial charge in [-0.1, -0.05) is 106 Å². The normalized spacial score (nSPS) is 13.8. The molecule has 0 spiro atoms. The Morgan fingerprint density at radius 2 is 1.45 bits per heavy atom. The number of benzene rings is 3. The van der Waals surface area contributed by atoms with Gasteiger partial charge in [-0.15, -0.1) is 0 Å². The second-order valence-corrected chi connectivity index (χ2v) is 15.9. The minimum atomic E-state index is -1.98. The van der Waals surface area contributed by atoms with Gasteiger partial charge in [-0.3, -0.25) is 4.57 Å². The summed E-state index contributed by atoms with van der Waals surface area (Å²) in [4.78, 5) is 6.97. The second kappa shape index (κ2) is 10.3. The standard InChI is InChI=1S/C32H39N5Si/c1-23(2)29-15-10-16-30(24(3)4)31(29)36-18-17-33-32(36)25-11-8-13-27(19-25)38(6,7)28-14-9-12-26(20-28)37-22-35(5)21-34-37/h8-21,23-24H,22H2,1-7H3. The Morgan fingerprint density at radius 1 is 0.816 bits per heavy atom. The van der Waals surface area contributed by atoms with E-state index in [0.717, 1.165) is 23.7 Å². The average Bonchev–Trinajstić information content (AvgIpc) is 3.57. The quantitative estimate of drug-likeness (QED) is 0.269. The molecule has 1 aliphatic heterocycles. The molecule has 0 unspecified atom stereocenters. The molecule has 0 fully saturated rings. The summed E-state index contributed by atoms with van der Waals surface area (Å²) in [5, 5.41) is 9.39. The van der Waals surface area contributed by atoms with Gasteiger partial charge in [0, 0.05) is 25.0 Å². The van der Waals surface area contributed by atoms with Gasteiger partial charge in [0.25, 0.3) is 0 Å². The zero-order chi connectivity index (χ0) is 27.0. The number of hydrazone groups is 1. The molecule has 4 aromatic rings. The lowest BCUT2D eigenvalue weighted by Gasteiger charge is -2.26. The van der Waals surface area contributed by atoms with Gasteiger partial charge in [0.05, 0.1) is 11.4 Å². The Bertz CT molecular complexity index is 1440. The van der Waals surface area contributed by atoms with Crippen LogP contribution in [0, 0.1) is 0 Å². The van der Waals surface area contributed by atoms with E-state index in [4.69, 9.17) is 4.98 Å². The number of para-hydroxylation sites is 1.